The number of hydrogen-bond acceptors (Lipinski definition) is 2. The van der Waals surface area contributed by atoms with Crippen molar-refractivity contribution in [1.29, 1.82) is 0 Å². The monoisotopic (exact) mass is 228 g/mol. The zero-order chi connectivity index (χ0) is 12.8. The molecule has 0 aliphatic carbocycles. The summed E-state index contributed by atoms with van der Waals surface area (Å²) in [5, 5.41) is 6.41. The second-order valence-electron chi connectivity index (χ2n) is 5.74. The van der Waals surface area contributed by atoms with Gasteiger partial charge in [-0.1, -0.05) is 13.8 Å². The summed E-state index contributed by atoms with van der Waals surface area (Å²) in [6, 6.07) is 0. The van der Waals surface area contributed by atoms with Crippen LogP contribution in [-0.4, -0.2) is 23.5 Å². The van der Waals surface area contributed by atoms with Crippen molar-refractivity contribution in [2.45, 2.75) is 71.9 Å². The molecule has 0 saturated heterocycles. The fraction of sp³-hybridized carbons (Fsp3) is 0.923. The predicted octanol–water partition coefficient (Wildman–Crippen LogP) is 2.46. The van der Waals surface area contributed by atoms with Crippen LogP contribution >= 0.6 is 0 Å². The Labute approximate surface area is 100 Å². The number of nitrogens with one attached hydrogen (secondary N) is 2. The average molecular weight is 228 g/mol. The molecule has 1 amide bonds. The molecule has 3 heteroatoms. The van der Waals surface area contributed by atoms with Gasteiger partial charge in [-0.2, -0.15) is 0 Å². The Morgan fingerprint density at radius 1 is 1.06 bits per heavy atom. The van der Waals surface area contributed by atoms with E-state index in [1.165, 1.54) is 0 Å². The summed E-state index contributed by atoms with van der Waals surface area (Å²) in [7, 11) is 0. The van der Waals surface area contributed by atoms with Crippen molar-refractivity contribution < 1.29 is 4.79 Å². The lowest BCUT2D eigenvalue weighted by atomic mass is 9.95. The summed E-state index contributed by atoms with van der Waals surface area (Å²) in [6.07, 6.45) is 2.50. The molecule has 0 rings (SSSR count). The van der Waals surface area contributed by atoms with Gasteiger partial charge in [0.2, 0.25) is 5.91 Å². The van der Waals surface area contributed by atoms with Crippen LogP contribution in [0, 0.1) is 0 Å². The van der Waals surface area contributed by atoms with Gasteiger partial charge in [0.25, 0.3) is 0 Å². The number of amides is 1. The predicted molar refractivity (Wildman–Crippen MR) is 69.5 cm³/mol. The molecule has 96 valence electrons. The van der Waals surface area contributed by atoms with E-state index in [0.29, 0.717) is 6.42 Å². The first-order chi connectivity index (χ1) is 7.22. The Morgan fingerprint density at radius 2 is 1.56 bits per heavy atom. The highest BCUT2D eigenvalue weighted by atomic mass is 16.1. The topological polar surface area (TPSA) is 41.1 Å². The minimum Gasteiger partial charge on any atom is -0.351 e. The lowest BCUT2D eigenvalue weighted by Crippen LogP contribution is -2.46. The molecular weight excluding hydrogens is 200 g/mol. The summed E-state index contributed by atoms with van der Waals surface area (Å²) in [4.78, 5) is 11.7. The van der Waals surface area contributed by atoms with Crippen LogP contribution in [0.4, 0.5) is 0 Å². The Morgan fingerprint density at radius 3 is 1.94 bits per heavy atom. The second kappa shape index (κ2) is 6.24. The molecule has 0 saturated carbocycles. The van der Waals surface area contributed by atoms with Crippen molar-refractivity contribution in [1.82, 2.24) is 10.6 Å². The molecule has 0 aliphatic rings. The lowest BCUT2D eigenvalue weighted by Gasteiger charge is -2.28. The Kier molecular flexibility index (Phi) is 6.01. The van der Waals surface area contributed by atoms with E-state index in [1.807, 2.05) is 0 Å². The van der Waals surface area contributed by atoms with Crippen LogP contribution in [0.5, 0.6) is 0 Å². The van der Waals surface area contributed by atoms with Crippen molar-refractivity contribution in [3.05, 3.63) is 0 Å². The quantitative estimate of drug-likeness (QED) is 0.733. The molecule has 0 radical (unpaired) electrons. The fourth-order valence-electron chi connectivity index (χ4n) is 1.38. The summed E-state index contributed by atoms with van der Waals surface area (Å²) >= 11 is 0. The molecule has 0 bridgehead atoms. The van der Waals surface area contributed by atoms with Crippen LogP contribution in [0.2, 0.25) is 0 Å². The van der Waals surface area contributed by atoms with E-state index in [-0.39, 0.29) is 17.0 Å². The third-order valence-corrected chi connectivity index (χ3v) is 3.01. The van der Waals surface area contributed by atoms with Crippen molar-refractivity contribution in [3.63, 3.8) is 0 Å². The van der Waals surface area contributed by atoms with E-state index in [1.54, 1.807) is 0 Å². The fourth-order valence-corrected chi connectivity index (χ4v) is 1.38. The average Bonchev–Trinajstić information content (AvgIpc) is 2.15. The highest BCUT2D eigenvalue weighted by Crippen LogP contribution is 2.13. The number of carbonyl (C=O) groups excluding carboxylic acids is 1. The number of rotatable bonds is 6. The highest BCUT2D eigenvalue weighted by molar-refractivity contribution is 5.76. The molecule has 0 fully saturated rings. The summed E-state index contributed by atoms with van der Waals surface area (Å²) < 4.78 is 0. The molecular formula is C13H28N2O. The van der Waals surface area contributed by atoms with Gasteiger partial charge >= 0.3 is 0 Å². The Balaban J connectivity index is 3.91. The lowest BCUT2D eigenvalue weighted by molar-refractivity contribution is -0.122. The summed E-state index contributed by atoms with van der Waals surface area (Å²) in [5.41, 5.74) is 0.0396. The van der Waals surface area contributed by atoms with Gasteiger partial charge in [-0.3, -0.25) is 4.79 Å². The van der Waals surface area contributed by atoms with Gasteiger partial charge in [-0.15, -0.1) is 0 Å². The van der Waals surface area contributed by atoms with Gasteiger partial charge in [0, 0.05) is 24.0 Å². The van der Waals surface area contributed by atoms with Crippen LogP contribution in [0.3, 0.4) is 0 Å². The van der Waals surface area contributed by atoms with Crippen LogP contribution in [0.15, 0.2) is 0 Å². The van der Waals surface area contributed by atoms with E-state index in [0.717, 1.165) is 19.4 Å². The summed E-state index contributed by atoms with van der Waals surface area (Å²) in [5.74, 6) is 0.142. The molecule has 0 aliphatic heterocycles. The van der Waals surface area contributed by atoms with Crippen molar-refractivity contribution >= 4 is 5.91 Å². The van der Waals surface area contributed by atoms with Crippen LogP contribution in [0.1, 0.15) is 60.8 Å². The zero-order valence-corrected chi connectivity index (χ0v) is 11.7. The molecule has 0 aromatic heterocycles. The van der Waals surface area contributed by atoms with Crippen LogP contribution < -0.4 is 10.6 Å². The molecule has 0 unspecified atom stereocenters. The van der Waals surface area contributed by atoms with Crippen molar-refractivity contribution in [2.75, 3.05) is 6.54 Å². The standard InChI is InChI=1S/C13H28N2O/c1-7-13(6,8-2)15-11(16)9-10-14-12(3,4)5/h14H,7-10H2,1-6H3,(H,15,16). The number of hydrogen-bond donors (Lipinski definition) is 2. The molecule has 3 nitrogen and oxygen atoms in total. The third kappa shape index (κ3) is 6.83. The van der Waals surface area contributed by atoms with Crippen molar-refractivity contribution in [2.24, 2.45) is 0 Å². The van der Waals surface area contributed by atoms with Gasteiger partial charge in [0.05, 0.1) is 0 Å². The van der Waals surface area contributed by atoms with Gasteiger partial charge in [-0.05, 0) is 40.5 Å². The normalized spacial score (nSPS) is 12.6. The van der Waals surface area contributed by atoms with E-state index in [4.69, 9.17) is 0 Å². The van der Waals surface area contributed by atoms with Crippen molar-refractivity contribution in [3.8, 4) is 0 Å². The largest absolute Gasteiger partial charge is 0.351 e. The molecule has 0 spiro atoms. The van der Waals surface area contributed by atoms with Gasteiger partial charge < -0.3 is 10.6 Å². The minimum atomic E-state index is -0.0428. The van der Waals surface area contributed by atoms with E-state index >= 15 is 0 Å². The van der Waals surface area contributed by atoms with Crippen LogP contribution in [-0.2, 0) is 4.79 Å². The first-order valence-electron chi connectivity index (χ1n) is 6.28. The molecule has 0 heterocycles. The smallest absolute Gasteiger partial charge is 0.221 e. The Hall–Kier alpha value is -0.570. The first-order valence-corrected chi connectivity index (χ1v) is 6.28. The maximum Gasteiger partial charge on any atom is 0.221 e. The molecule has 16 heavy (non-hydrogen) atoms. The molecule has 0 atom stereocenters. The van der Waals surface area contributed by atoms with Gasteiger partial charge in [0.1, 0.15) is 0 Å². The first kappa shape index (κ1) is 15.4. The number of carbonyl (C=O) groups is 1. The van der Waals surface area contributed by atoms with Crippen LogP contribution in [0.25, 0.3) is 0 Å². The van der Waals surface area contributed by atoms with Gasteiger partial charge in [-0.25, -0.2) is 0 Å². The van der Waals surface area contributed by atoms with Gasteiger partial charge in [0.15, 0.2) is 0 Å². The second-order valence-corrected chi connectivity index (χ2v) is 5.74. The third-order valence-electron chi connectivity index (χ3n) is 3.01. The molecule has 0 aromatic rings. The van der Waals surface area contributed by atoms with E-state index in [9.17, 15) is 4.79 Å². The SMILES string of the molecule is CCC(C)(CC)NC(=O)CCNC(C)(C)C. The minimum absolute atomic E-state index is 0.0428. The zero-order valence-electron chi connectivity index (χ0n) is 11.7. The maximum absolute atomic E-state index is 11.7. The molecule has 2 N–H and O–H groups in total. The molecule has 0 aromatic carbocycles. The highest BCUT2D eigenvalue weighted by Gasteiger charge is 2.21. The van der Waals surface area contributed by atoms with E-state index < -0.39 is 0 Å². The summed E-state index contributed by atoms with van der Waals surface area (Å²) in [6.45, 7) is 13.4. The Bertz CT molecular complexity index is 214. The van der Waals surface area contributed by atoms with E-state index in [2.05, 4.69) is 52.2 Å². The maximum atomic E-state index is 11.7.